The molecule has 2 aromatic heterocycles. The molecule has 1 aliphatic rings. The van der Waals surface area contributed by atoms with Gasteiger partial charge in [0.1, 0.15) is 5.00 Å². The van der Waals surface area contributed by atoms with Crippen molar-refractivity contribution < 1.29 is 14.3 Å². The number of aromatic nitrogens is 1. The minimum Gasteiger partial charge on any atom is -0.449 e. The van der Waals surface area contributed by atoms with Crippen molar-refractivity contribution in [3.05, 3.63) is 40.5 Å². The summed E-state index contributed by atoms with van der Waals surface area (Å²) in [5.41, 5.74) is 6.85. The molecule has 0 aliphatic heterocycles. The summed E-state index contributed by atoms with van der Waals surface area (Å²) < 4.78 is 7.17. The number of ether oxygens (including phenoxy) is 1. The van der Waals surface area contributed by atoms with E-state index < -0.39 is 18.0 Å². The molecule has 1 aliphatic carbocycles. The first-order chi connectivity index (χ1) is 10.6. The number of primary amides is 1. The minimum absolute atomic E-state index is 0.464. The number of aryl methyl sites for hydroxylation is 1. The Balaban J connectivity index is 2.02. The first-order valence-corrected chi connectivity index (χ1v) is 8.17. The van der Waals surface area contributed by atoms with E-state index in [1.165, 1.54) is 11.8 Å². The number of hydrogen-bond donors (Lipinski definition) is 1. The van der Waals surface area contributed by atoms with Gasteiger partial charge in [0.05, 0.1) is 5.56 Å². The van der Waals surface area contributed by atoms with Gasteiger partial charge in [-0.2, -0.15) is 0 Å². The molecule has 0 bridgehead atoms. The van der Waals surface area contributed by atoms with E-state index in [1.807, 2.05) is 29.1 Å². The average Bonchev–Trinajstić information content (AvgIpc) is 3.13. The van der Waals surface area contributed by atoms with E-state index in [0.717, 1.165) is 36.2 Å². The van der Waals surface area contributed by atoms with Crippen LogP contribution in [0.25, 0.3) is 5.00 Å². The fourth-order valence-corrected chi connectivity index (χ4v) is 4.03. The molecule has 5 nitrogen and oxygen atoms in total. The molecule has 3 rings (SSSR count). The van der Waals surface area contributed by atoms with Crippen molar-refractivity contribution in [3.63, 3.8) is 0 Å². The van der Waals surface area contributed by atoms with Crippen LogP contribution in [0.15, 0.2) is 24.5 Å². The van der Waals surface area contributed by atoms with Crippen LogP contribution in [-0.4, -0.2) is 22.5 Å². The third-order valence-electron chi connectivity index (χ3n) is 3.88. The van der Waals surface area contributed by atoms with Gasteiger partial charge in [0.25, 0.3) is 5.91 Å². The van der Waals surface area contributed by atoms with Crippen LogP contribution in [0.1, 0.15) is 40.6 Å². The van der Waals surface area contributed by atoms with E-state index in [-0.39, 0.29) is 0 Å². The van der Waals surface area contributed by atoms with Crippen LogP contribution in [0.2, 0.25) is 0 Å². The lowest BCUT2D eigenvalue weighted by Gasteiger charge is -2.14. The van der Waals surface area contributed by atoms with Crippen LogP contribution in [0.3, 0.4) is 0 Å². The third-order valence-corrected chi connectivity index (χ3v) is 5.19. The zero-order valence-corrected chi connectivity index (χ0v) is 13.2. The number of esters is 1. The molecule has 1 atom stereocenters. The largest absolute Gasteiger partial charge is 0.449 e. The first-order valence-electron chi connectivity index (χ1n) is 7.36. The Morgan fingerprint density at radius 3 is 2.64 bits per heavy atom. The van der Waals surface area contributed by atoms with Crippen LogP contribution in [-0.2, 0) is 22.4 Å². The highest BCUT2D eigenvalue weighted by molar-refractivity contribution is 7.15. The van der Waals surface area contributed by atoms with Gasteiger partial charge < -0.3 is 15.0 Å². The van der Waals surface area contributed by atoms with Gasteiger partial charge in [0.15, 0.2) is 6.10 Å². The quantitative estimate of drug-likeness (QED) is 0.880. The number of amides is 1. The van der Waals surface area contributed by atoms with Crippen molar-refractivity contribution in [1.82, 2.24) is 4.57 Å². The lowest BCUT2D eigenvalue weighted by atomic mass is 9.95. The highest BCUT2D eigenvalue weighted by atomic mass is 32.1. The van der Waals surface area contributed by atoms with E-state index in [2.05, 4.69) is 0 Å². The summed E-state index contributed by atoms with van der Waals surface area (Å²) in [5, 5.41) is 0.860. The molecule has 0 saturated carbocycles. The Hall–Kier alpha value is -2.08. The molecule has 1 unspecified atom stereocenters. The van der Waals surface area contributed by atoms with E-state index >= 15 is 0 Å². The van der Waals surface area contributed by atoms with Crippen LogP contribution in [0.4, 0.5) is 0 Å². The summed E-state index contributed by atoms with van der Waals surface area (Å²) in [4.78, 5) is 25.0. The van der Waals surface area contributed by atoms with Gasteiger partial charge >= 0.3 is 5.97 Å². The Bertz CT molecular complexity index is 703. The fourth-order valence-electron chi connectivity index (χ4n) is 2.69. The molecule has 2 N–H and O–H groups in total. The first kappa shape index (κ1) is 14.8. The molecule has 0 fully saturated rings. The molecule has 2 aromatic rings. The van der Waals surface area contributed by atoms with Crippen LogP contribution in [0.5, 0.6) is 0 Å². The second-order valence-corrected chi connectivity index (χ2v) is 6.51. The van der Waals surface area contributed by atoms with E-state index in [9.17, 15) is 9.59 Å². The molecule has 0 spiro atoms. The highest BCUT2D eigenvalue weighted by Gasteiger charge is 2.28. The standard InChI is InChI=1S/C16H18N2O3S/c1-10(14(17)19)21-16(20)13-11-6-2-3-7-12(11)22-15(13)18-8-4-5-9-18/h4-5,8-10H,2-3,6-7H2,1H3,(H2,17,19). The van der Waals surface area contributed by atoms with Crippen molar-refractivity contribution in [3.8, 4) is 5.00 Å². The molecule has 0 aromatic carbocycles. The van der Waals surface area contributed by atoms with Crippen molar-refractivity contribution >= 4 is 23.2 Å². The lowest BCUT2D eigenvalue weighted by molar-refractivity contribution is -0.125. The summed E-state index contributed by atoms with van der Waals surface area (Å²) in [6, 6.07) is 3.83. The molecule has 2 heterocycles. The lowest BCUT2D eigenvalue weighted by Crippen LogP contribution is -2.31. The number of fused-ring (bicyclic) bond motifs is 1. The van der Waals surface area contributed by atoms with Gasteiger partial charge in [-0.3, -0.25) is 4.79 Å². The van der Waals surface area contributed by atoms with Crippen LogP contribution < -0.4 is 5.73 Å². The van der Waals surface area contributed by atoms with Crippen molar-refractivity contribution in [2.24, 2.45) is 5.73 Å². The van der Waals surface area contributed by atoms with Gasteiger partial charge in [0.2, 0.25) is 0 Å². The summed E-state index contributed by atoms with van der Waals surface area (Å²) in [5.74, 6) is -1.10. The van der Waals surface area contributed by atoms with E-state index in [4.69, 9.17) is 10.5 Å². The van der Waals surface area contributed by atoms with Crippen molar-refractivity contribution in [1.29, 1.82) is 0 Å². The normalized spacial score (nSPS) is 15.1. The summed E-state index contributed by atoms with van der Waals surface area (Å²) in [6.07, 6.45) is 6.97. The Morgan fingerprint density at radius 2 is 1.95 bits per heavy atom. The van der Waals surface area contributed by atoms with Gasteiger partial charge in [0, 0.05) is 17.3 Å². The second-order valence-electron chi connectivity index (χ2n) is 5.43. The van der Waals surface area contributed by atoms with Gasteiger partial charge in [-0.25, -0.2) is 4.79 Å². The number of nitrogens with two attached hydrogens (primary N) is 1. The monoisotopic (exact) mass is 318 g/mol. The topological polar surface area (TPSA) is 74.3 Å². The Morgan fingerprint density at radius 1 is 1.27 bits per heavy atom. The molecular formula is C16H18N2O3S. The van der Waals surface area contributed by atoms with Crippen LogP contribution in [0, 0.1) is 0 Å². The smallest absolute Gasteiger partial charge is 0.342 e. The highest BCUT2D eigenvalue weighted by Crippen LogP contribution is 2.37. The number of carbonyl (C=O) groups is 2. The summed E-state index contributed by atoms with van der Waals surface area (Å²) in [6.45, 7) is 1.49. The molecular weight excluding hydrogens is 300 g/mol. The summed E-state index contributed by atoms with van der Waals surface area (Å²) >= 11 is 1.63. The molecule has 0 saturated heterocycles. The van der Waals surface area contributed by atoms with Gasteiger partial charge in [-0.05, 0) is 50.3 Å². The maximum absolute atomic E-state index is 12.6. The average molecular weight is 318 g/mol. The van der Waals surface area contributed by atoms with Crippen molar-refractivity contribution in [2.75, 3.05) is 0 Å². The Labute approximate surface area is 132 Å². The number of nitrogens with zero attached hydrogens (tertiary/aromatic N) is 1. The van der Waals surface area contributed by atoms with E-state index in [0.29, 0.717) is 5.56 Å². The SMILES string of the molecule is CC(OC(=O)c1c(-n2cccc2)sc2c1CCCC2)C(N)=O. The third kappa shape index (κ3) is 2.66. The molecule has 22 heavy (non-hydrogen) atoms. The van der Waals surface area contributed by atoms with Gasteiger partial charge in [-0.15, -0.1) is 11.3 Å². The predicted molar refractivity (Wildman–Crippen MR) is 84.4 cm³/mol. The van der Waals surface area contributed by atoms with Gasteiger partial charge in [-0.1, -0.05) is 0 Å². The Kier molecular flexibility index (Phi) is 4.02. The van der Waals surface area contributed by atoms with E-state index in [1.54, 1.807) is 11.3 Å². The number of carbonyl (C=O) groups excluding carboxylic acids is 2. The zero-order valence-electron chi connectivity index (χ0n) is 12.4. The van der Waals surface area contributed by atoms with Crippen molar-refractivity contribution in [2.45, 2.75) is 38.7 Å². The number of rotatable bonds is 4. The zero-order chi connectivity index (χ0) is 15.7. The minimum atomic E-state index is -0.927. The second kappa shape index (κ2) is 5.96. The molecule has 0 radical (unpaired) electrons. The van der Waals surface area contributed by atoms with Crippen LogP contribution >= 0.6 is 11.3 Å². The molecule has 116 valence electrons. The molecule has 1 amide bonds. The maximum Gasteiger partial charge on any atom is 0.342 e. The fraction of sp³-hybridized carbons (Fsp3) is 0.375. The number of thiophene rings is 1. The molecule has 6 heteroatoms. The maximum atomic E-state index is 12.6. The predicted octanol–water partition coefficient (Wildman–Crippen LogP) is 2.45. The number of hydrogen-bond acceptors (Lipinski definition) is 4. The summed E-state index contributed by atoms with van der Waals surface area (Å²) in [7, 11) is 0.